The molecule has 0 atom stereocenters. The molecule has 0 spiro atoms. The number of hydrogen-bond acceptors (Lipinski definition) is 4. The van der Waals surface area contributed by atoms with E-state index in [1.54, 1.807) is 0 Å². The minimum Gasteiger partial charge on any atom is -0.352 e. The Bertz CT molecular complexity index is 159. The lowest BCUT2D eigenvalue weighted by molar-refractivity contribution is -0.132. The first-order valence-corrected chi connectivity index (χ1v) is 6.75. The van der Waals surface area contributed by atoms with Crippen LogP contribution in [0.4, 0.5) is 0 Å². The van der Waals surface area contributed by atoms with Crippen molar-refractivity contribution in [3.63, 3.8) is 0 Å². The molecule has 0 rings (SSSR count). The molecular formula is C13H30N2O2. The molecule has 17 heavy (non-hydrogen) atoms. The first-order chi connectivity index (χ1) is 8.11. The van der Waals surface area contributed by atoms with E-state index in [9.17, 15) is 0 Å². The maximum absolute atomic E-state index is 5.45. The van der Waals surface area contributed by atoms with Gasteiger partial charge in [0.15, 0.2) is 6.29 Å². The highest BCUT2D eigenvalue weighted by atomic mass is 16.7. The summed E-state index contributed by atoms with van der Waals surface area (Å²) in [5, 5.41) is 3.37. The Labute approximate surface area is 107 Å². The Hall–Kier alpha value is -0.160. The van der Waals surface area contributed by atoms with Gasteiger partial charge in [0.2, 0.25) is 0 Å². The smallest absolute Gasteiger partial charge is 0.169 e. The maximum Gasteiger partial charge on any atom is 0.169 e. The van der Waals surface area contributed by atoms with Crippen molar-refractivity contribution in [3.05, 3.63) is 0 Å². The number of nitrogens with one attached hydrogen (secondary N) is 1. The Morgan fingerprint density at radius 3 is 2.18 bits per heavy atom. The standard InChI is InChI=1S/C13H30N2O2/c1-6-16-13(17-7-2)11-14-9-8-10-15(5)12(3)4/h12-14H,6-11H2,1-5H3. The van der Waals surface area contributed by atoms with Gasteiger partial charge in [0, 0.05) is 25.8 Å². The highest BCUT2D eigenvalue weighted by Crippen LogP contribution is 1.95. The summed E-state index contributed by atoms with van der Waals surface area (Å²) >= 11 is 0. The molecule has 0 heterocycles. The second-order valence-electron chi connectivity index (χ2n) is 4.47. The third-order valence-electron chi connectivity index (χ3n) is 2.76. The molecule has 4 heteroatoms. The van der Waals surface area contributed by atoms with Gasteiger partial charge in [-0.15, -0.1) is 0 Å². The second kappa shape index (κ2) is 11.0. The van der Waals surface area contributed by atoms with E-state index in [-0.39, 0.29) is 6.29 Å². The molecule has 0 bridgehead atoms. The minimum atomic E-state index is -0.104. The van der Waals surface area contributed by atoms with E-state index in [0.29, 0.717) is 19.3 Å². The summed E-state index contributed by atoms with van der Waals surface area (Å²) in [7, 11) is 2.16. The number of nitrogens with zero attached hydrogens (tertiary/aromatic N) is 1. The zero-order valence-corrected chi connectivity index (χ0v) is 12.2. The van der Waals surface area contributed by atoms with Gasteiger partial charge in [-0.1, -0.05) is 0 Å². The Morgan fingerprint density at radius 2 is 1.71 bits per heavy atom. The lowest BCUT2D eigenvalue weighted by Gasteiger charge is -2.21. The van der Waals surface area contributed by atoms with E-state index in [1.165, 1.54) is 0 Å². The molecule has 0 saturated heterocycles. The van der Waals surface area contributed by atoms with E-state index in [0.717, 1.165) is 26.1 Å². The summed E-state index contributed by atoms with van der Waals surface area (Å²) in [6, 6.07) is 0.620. The average Bonchev–Trinajstić information content (AvgIpc) is 2.28. The highest BCUT2D eigenvalue weighted by Gasteiger charge is 2.07. The molecule has 0 amide bonds. The Balaban J connectivity index is 3.47. The second-order valence-corrected chi connectivity index (χ2v) is 4.47. The molecule has 0 aliphatic rings. The van der Waals surface area contributed by atoms with Crippen LogP contribution in [-0.4, -0.2) is 57.1 Å². The minimum absolute atomic E-state index is 0.104. The van der Waals surface area contributed by atoms with Gasteiger partial charge in [-0.3, -0.25) is 0 Å². The van der Waals surface area contributed by atoms with Gasteiger partial charge in [0.25, 0.3) is 0 Å². The number of rotatable bonds is 11. The van der Waals surface area contributed by atoms with Crippen LogP contribution in [0.1, 0.15) is 34.1 Å². The van der Waals surface area contributed by atoms with Crippen LogP contribution in [0.15, 0.2) is 0 Å². The van der Waals surface area contributed by atoms with E-state index >= 15 is 0 Å². The number of hydrogen-bond donors (Lipinski definition) is 1. The van der Waals surface area contributed by atoms with Crippen molar-refractivity contribution in [2.75, 3.05) is 39.9 Å². The summed E-state index contributed by atoms with van der Waals surface area (Å²) in [5.74, 6) is 0. The molecule has 4 nitrogen and oxygen atoms in total. The first kappa shape index (κ1) is 16.8. The van der Waals surface area contributed by atoms with Crippen LogP contribution < -0.4 is 5.32 Å². The van der Waals surface area contributed by atoms with Gasteiger partial charge < -0.3 is 19.7 Å². The molecule has 0 fully saturated rings. The maximum atomic E-state index is 5.45. The van der Waals surface area contributed by atoms with Crippen LogP contribution in [0.25, 0.3) is 0 Å². The van der Waals surface area contributed by atoms with Crippen LogP contribution in [0.5, 0.6) is 0 Å². The Morgan fingerprint density at radius 1 is 1.12 bits per heavy atom. The van der Waals surface area contributed by atoms with Crippen molar-refractivity contribution in [2.24, 2.45) is 0 Å². The largest absolute Gasteiger partial charge is 0.352 e. The molecular weight excluding hydrogens is 216 g/mol. The van der Waals surface area contributed by atoms with Gasteiger partial charge in [-0.25, -0.2) is 0 Å². The predicted molar refractivity (Wildman–Crippen MR) is 72.3 cm³/mol. The molecule has 0 aromatic carbocycles. The van der Waals surface area contributed by atoms with Crippen LogP contribution in [0.3, 0.4) is 0 Å². The fourth-order valence-corrected chi connectivity index (χ4v) is 1.47. The van der Waals surface area contributed by atoms with Crippen molar-refractivity contribution in [2.45, 2.75) is 46.4 Å². The molecule has 1 N–H and O–H groups in total. The van der Waals surface area contributed by atoms with Crippen molar-refractivity contribution < 1.29 is 9.47 Å². The Kier molecular flexibility index (Phi) is 10.9. The average molecular weight is 246 g/mol. The monoisotopic (exact) mass is 246 g/mol. The third-order valence-corrected chi connectivity index (χ3v) is 2.76. The van der Waals surface area contributed by atoms with E-state index in [2.05, 4.69) is 31.1 Å². The summed E-state index contributed by atoms with van der Waals surface area (Å²) in [6.07, 6.45) is 1.05. The van der Waals surface area contributed by atoms with Crippen molar-refractivity contribution >= 4 is 0 Å². The highest BCUT2D eigenvalue weighted by molar-refractivity contribution is 4.59. The molecule has 0 aliphatic heterocycles. The van der Waals surface area contributed by atoms with Crippen LogP contribution in [0, 0.1) is 0 Å². The van der Waals surface area contributed by atoms with Gasteiger partial charge >= 0.3 is 0 Å². The molecule has 0 unspecified atom stereocenters. The fraction of sp³-hybridized carbons (Fsp3) is 1.00. The zero-order chi connectivity index (χ0) is 13.1. The molecule has 0 saturated carbocycles. The lowest BCUT2D eigenvalue weighted by atomic mass is 10.3. The van der Waals surface area contributed by atoms with Crippen molar-refractivity contribution in [3.8, 4) is 0 Å². The van der Waals surface area contributed by atoms with Crippen LogP contribution in [-0.2, 0) is 9.47 Å². The van der Waals surface area contributed by atoms with E-state index in [4.69, 9.17) is 9.47 Å². The molecule has 0 radical (unpaired) electrons. The summed E-state index contributed by atoms with van der Waals surface area (Å²) in [5.41, 5.74) is 0. The summed E-state index contributed by atoms with van der Waals surface area (Å²) < 4.78 is 10.9. The zero-order valence-electron chi connectivity index (χ0n) is 12.2. The normalized spacial score (nSPS) is 12.0. The quantitative estimate of drug-likeness (QED) is 0.444. The van der Waals surface area contributed by atoms with Crippen molar-refractivity contribution in [1.82, 2.24) is 10.2 Å². The third kappa shape index (κ3) is 9.53. The first-order valence-electron chi connectivity index (χ1n) is 6.75. The van der Waals surface area contributed by atoms with Gasteiger partial charge in [0.05, 0.1) is 0 Å². The van der Waals surface area contributed by atoms with E-state index < -0.39 is 0 Å². The van der Waals surface area contributed by atoms with Gasteiger partial charge in [0.1, 0.15) is 0 Å². The topological polar surface area (TPSA) is 33.7 Å². The lowest BCUT2D eigenvalue weighted by Crippen LogP contribution is -2.34. The van der Waals surface area contributed by atoms with Crippen molar-refractivity contribution in [1.29, 1.82) is 0 Å². The molecule has 0 aliphatic carbocycles. The SMILES string of the molecule is CCOC(CNCCCN(C)C(C)C)OCC. The molecule has 0 aromatic heterocycles. The molecule has 0 aromatic rings. The fourth-order valence-electron chi connectivity index (χ4n) is 1.47. The van der Waals surface area contributed by atoms with Crippen LogP contribution >= 0.6 is 0 Å². The van der Waals surface area contributed by atoms with Crippen LogP contribution in [0.2, 0.25) is 0 Å². The predicted octanol–water partition coefficient (Wildman–Crippen LogP) is 1.71. The van der Waals surface area contributed by atoms with Gasteiger partial charge in [-0.2, -0.15) is 0 Å². The number of ether oxygens (including phenoxy) is 2. The van der Waals surface area contributed by atoms with E-state index in [1.807, 2.05) is 13.8 Å². The van der Waals surface area contributed by atoms with Gasteiger partial charge in [-0.05, 0) is 54.3 Å². The molecule has 104 valence electrons. The summed E-state index contributed by atoms with van der Waals surface area (Å²) in [4.78, 5) is 2.35. The summed E-state index contributed by atoms with van der Waals surface area (Å²) in [6.45, 7) is 12.7.